The smallest absolute Gasteiger partial charge is 0.0590 e. The predicted molar refractivity (Wildman–Crippen MR) is 77.7 cm³/mol. The Balaban J connectivity index is 2.80. The van der Waals surface area contributed by atoms with Crippen molar-refractivity contribution < 1.29 is 0 Å². The molecule has 0 fully saturated rings. The van der Waals surface area contributed by atoms with E-state index in [1.54, 1.807) is 0 Å². The van der Waals surface area contributed by atoms with E-state index in [2.05, 4.69) is 59.7 Å². The molecule has 0 aliphatic rings. The summed E-state index contributed by atoms with van der Waals surface area (Å²) in [6.45, 7) is 13.4. The second kappa shape index (κ2) is 5.44. The maximum Gasteiger partial charge on any atom is 0.0590 e. The van der Waals surface area contributed by atoms with E-state index in [1.165, 1.54) is 16.7 Å². The van der Waals surface area contributed by atoms with E-state index in [0.717, 1.165) is 6.42 Å². The number of hydrogen-bond donors (Lipinski definition) is 0. The van der Waals surface area contributed by atoms with E-state index in [4.69, 9.17) is 11.6 Å². The van der Waals surface area contributed by atoms with Gasteiger partial charge in [0.1, 0.15) is 0 Å². The SMILES string of the molecule is Cc1ccc(C(Cl)CC(C)C(C)(C)C)c(C)c1. The zero-order valence-electron chi connectivity index (χ0n) is 12.0. The van der Waals surface area contributed by atoms with Crippen molar-refractivity contribution in [3.05, 3.63) is 34.9 Å². The first kappa shape index (κ1) is 14.6. The Morgan fingerprint density at radius 2 is 1.76 bits per heavy atom. The van der Waals surface area contributed by atoms with Gasteiger partial charge in [-0.3, -0.25) is 0 Å². The maximum atomic E-state index is 6.56. The van der Waals surface area contributed by atoms with Crippen LogP contribution in [0, 0.1) is 25.2 Å². The van der Waals surface area contributed by atoms with Crippen molar-refractivity contribution in [1.82, 2.24) is 0 Å². The molecule has 0 saturated carbocycles. The molecule has 1 heteroatoms. The minimum atomic E-state index is 0.129. The van der Waals surface area contributed by atoms with Crippen molar-refractivity contribution in [2.75, 3.05) is 0 Å². The Morgan fingerprint density at radius 1 is 1.18 bits per heavy atom. The second-order valence-corrected chi connectivity index (χ2v) is 6.86. The summed E-state index contributed by atoms with van der Waals surface area (Å²) in [4.78, 5) is 0. The van der Waals surface area contributed by atoms with Gasteiger partial charge in [0.25, 0.3) is 0 Å². The van der Waals surface area contributed by atoms with Gasteiger partial charge in [-0.15, -0.1) is 11.6 Å². The topological polar surface area (TPSA) is 0 Å². The Kier molecular flexibility index (Phi) is 4.66. The molecule has 1 aromatic carbocycles. The van der Waals surface area contributed by atoms with Crippen molar-refractivity contribution in [1.29, 1.82) is 0 Å². The first-order valence-corrected chi connectivity index (χ1v) is 6.86. The molecule has 1 rings (SSSR count). The first-order valence-electron chi connectivity index (χ1n) is 6.43. The molecule has 0 aliphatic heterocycles. The van der Waals surface area contributed by atoms with Crippen molar-refractivity contribution in [3.63, 3.8) is 0 Å². The molecule has 2 unspecified atom stereocenters. The van der Waals surface area contributed by atoms with Gasteiger partial charge in [0.15, 0.2) is 0 Å². The molecule has 0 aliphatic carbocycles. The van der Waals surface area contributed by atoms with Crippen molar-refractivity contribution >= 4 is 11.6 Å². The summed E-state index contributed by atoms with van der Waals surface area (Å²) in [7, 11) is 0. The molecule has 96 valence electrons. The summed E-state index contributed by atoms with van der Waals surface area (Å²) in [5.74, 6) is 0.616. The highest BCUT2D eigenvalue weighted by atomic mass is 35.5. The summed E-state index contributed by atoms with van der Waals surface area (Å²) in [5.41, 5.74) is 4.23. The molecule has 0 aromatic heterocycles. The van der Waals surface area contributed by atoms with Crippen molar-refractivity contribution in [2.24, 2.45) is 11.3 Å². The third-order valence-electron chi connectivity index (χ3n) is 3.80. The highest BCUT2D eigenvalue weighted by molar-refractivity contribution is 6.20. The Hall–Kier alpha value is -0.490. The Morgan fingerprint density at radius 3 is 2.24 bits per heavy atom. The summed E-state index contributed by atoms with van der Waals surface area (Å²) in [5, 5.41) is 0.129. The molecule has 0 nitrogen and oxygen atoms in total. The van der Waals surface area contributed by atoms with Crippen molar-refractivity contribution in [3.8, 4) is 0 Å². The largest absolute Gasteiger partial charge is 0.118 e. The standard InChI is InChI=1S/C16H25Cl/c1-11-7-8-14(12(2)9-11)15(17)10-13(3)16(4,5)6/h7-9,13,15H,10H2,1-6H3. The quantitative estimate of drug-likeness (QED) is 0.610. The van der Waals surface area contributed by atoms with Crippen LogP contribution in [0.3, 0.4) is 0 Å². The third kappa shape index (κ3) is 4.03. The number of benzene rings is 1. The molecule has 2 atom stereocenters. The van der Waals surface area contributed by atoms with Gasteiger partial charge in [-0.25, -0.2) is 0 Å². The van der Waals surface area contributed by atoms with Gasteiger partial charge in [-0.05, 0) is 42.7 Å². The second-order valence-electron chi connectivity index (χ2n) is 6.33. The van der Waals surface area contributed by atoms with Crippen LogP contribution in [-0.4, -0.2) is 0 Å². The number of hydrogen-bond acceptors (Lipinski definition) is 0. The third-order valence-corrected chi connectivity index (χ3v) is 4.21. The number of halogens is 1. The lowest BCUT2D eigenvalue weighted by Crippen LogP contribution is -2.18. The van der Waals surface area contributed by atoms with Crippen LogP contribution in [0.4, 0.5) is 0 Å². The van der Waals surface area contributed by atoms with Crippen LogP contribution in [0.15, 0.2) is 18.2 Å². The molecule has 0 heterocycles. The lowest BCUT2D eigenvalue weighted by Gasteiger charge is -2.29. The number of aryl methyl sites for hydroxylation is 2. The van der Waals surface area contributed by atoms with Crippen LogP contribution in [0.1, 0.15) is 56.2 Å². The zero-order valence-corrected chi connectivity index (χ0v) is 12.7. The molecule has 0 amide bonds. The fraction of sp³-hybridized carbons (Fsp3) is 0.625. The van der Waals surface area contributed by atoms with E-state index in [-0.39, 0.29) is 5.38 Å². The first-order chi connectivity index (χ1) is 7.71. The minimum Gasteiger partial charge on any atom is -0.118 e. The van der Waals surface area contributed by atoms with Crippen LogP contribution in [0.5, 0.6) is 0 Å². The fourth-order valence-corrected chi connectivity index (χ4v) is 2.48. The molecular formula is C16H25Cl. The lowest BCUT2D eigenvalue weighted by molar-refractivity contribution is 0.245. The van der Waals surface area contributed by atoms with Crippen LogP contribution in [-0.2, 0) is 0 Å². The molecule has 17 heavy (non-hydrogen) atoms. The van der Waals surface area contributed by atoms with Gasteiger partial charge in [-0.1, -0.05) is 51.5 Å². The van der Waals surface area contributed by atoms with Gasteiger partial charge in [-0.2, -0.15) is 0 Å². The highest BCUT2D eigenvalue weighted by Crippen LogP contribution is 2.37. The van der Waals surface area contributed by atoms with Gasteiger partial charge < -0.3 is 0 Å². The lowest BCUT2D eigenvalue weighted by atomic mass is 9.78. The van der Waals surface area contributed by atoms with Crippen LogP contribution >= 0.6 is 11.6 Å². The average Bonchev–Trinajstić information content (AvgIpc) is 2.15. The van der Waals surface area contributed by atoms with Crippen LogP contribution < -0.4 is 0 Å². The highest BCUT2D eigenvalue weighted by Gasteiger charge is 2.23. The zero-order chi connectivity index (χ0) is 13.2. The predicted octanol–water partition coefficient (Wildman–Crippen LogP) is 5.66. The molecule has 0 spiro atoms. The van der Waals surface area contributed by atoms with E-state index in [9.17, 15) is 0 Å². The average molecular weight is 253 g/mol. The number of alkyl halides is 1. The summed E-state index contributed by atoms with van der Waals surface area (Å²) < 4.78 is 0. The molecule has 1 aromatic rings. The molecule has 0 bridgehead atoms. The van der Waals surface area contributed by atoms with Crippen LogP contribution in [0.2, 0.25) is 0 Å². The van der Waals surface area contributed by atoms with E-state index in [0.29, 0.717) is 11.3 Å². The molecular weight excluding hydrogens is 228 g/mol. The fourth-order valence-electron chi connectivity index (χ4n) is 1.97. The van der Waals surface area contributed by atoms with Crippen molar-refractivity contribution in [2.45, 2.75) is 53.3 Å². The van der Waals surface area contributed by atoms with Gasteiger partial charge in [0.2, 0.25) is 0 Å². The van der Waals surface area contributed by atoms with E-state index < -0.39 is 0 Å². The Labute approximate surface area is 111 Å². The molecule has 0 radical (unpaired) electrons. The van der Waals surface area contributed by atoms with E-state index >= 15 is 0 Å². The van der Waals surface area contributed by atoms with E-state index in [1.807, 2.05) is 0 Å². The minimum absolute atomic E-state index is 0.129. The van der Waals surface area contributed by atoms with Gasteiger partial charge >= 0.3 is 0 Å². The summed E-state index contributed by atoms with van der Waals surface area (Å²) in [6, 6.07) is 6.55. The molecule has 0 N–H and O–H groups in total. The number of rotatable bonds is 3. The van der Waals surface area contributed by atoms with Crippen LogP contribution in [0.25, 0.3) is 0 Å². The summed E-state index contributed by atoms with van der Waals surface area (Å²) in [6.07, 6.45) is 1.04. The Bertz CT molecular complexity index is 374. The monoisotopic (exact) mass is 252 g/mol. The molecule has 0 saturated heterocycles. The maximum absolute atomic E-state index is 6.56. The normalized spacial score (nSPS) is 15.7. The van der Waals surface area contributed by atoms with Gasteiger partial charge in [0.05, 0.1) is 5.38 Å². The van der Waals surface area contributed by atoms with Gasteiger partial charge in [0, 0.05) is 0 Å². The summed E-state index contributed by atoms with van der Waals surface area (Å²) >= 11 is 6.56.